The van der Waals surface area contributed by atoms with Gasteiger partial charge in [-0.2, -0.15) is 0 Å². The second-order valence-corrected chi connectivity index (χ2v) is 3.17. The highest BCUT2D eigenvalue weighted by Gasteiger charge is 1.96. The van der Waals surface area contributed by atoms with Crippen LogP contribution in [0.25, 0.3) is 0 Å². The fraction of sp³-hybridized carbons (Fsp3) is 0.273. The monoisotopic (exact) mass is 221 g/mol. The maximum absolute atomic E-state index is 4.92. The zero-order chi connectivity index (χ0) is 11.1. The molecule has 0 fully saturated rings. The fourth-order valence-corrected chi connectivity index (χ4v) is 1.35. The van der Waals surface area contributed by atoms with Crippen molar-refractivity contribution in [1.29, 1.82) is 0 Å². The molecule has 0 aliphatic heterocycles. The van der Waals surface area contributed by atoms with Gasteiger partial charge in [0, 0.05) is 30.2 Å². The summed E-state index contributed by atoms with van der Waals surface area (Å²) in [5.41, 5.74) is 2.09. The van der Waals surface area contributed by atoms with E-state index >= 15 is 0 Å². The first-order valence-corrected chi connectivity index (χ1v) is 5.42. The Morgan fingerprint density at radius 2 is 2.13 bits per heavy atom. The summed E-state index contributed by atoms with van der Waals surface area (Å²) in [5, 5.41) is 0. The second-order valence-electron chi connectivity index (χ2n) is 2.77. The molecule has 2 N–H and O–H groups in total. The van der Waals surface area contributed by atoms with E-state index in [1.807, 2.05) is 38.2 Å². The van der Waals surface area contributed by atoms with E-state index in [2.05, 4.69) is 15.0 Å². The molecule has 4 heteroatoms. The molecule has 0 aliphatic carbocycles. The summed E-state index contributed by atoms with van der Waals surface area (Å²) in [7, 11) is 0. The van der Waals surface area contributed by atoms with Gasteiger partial charge in [0.15, 0.2) is 4.77 Å². The molecule has 0 amide bonds. The highest BCUT2D eigenvalue weighted by molar-refractivity contribution is 7.71. The minimum atomic E-state index is 0.658. The van der Waals surface area contributed by atoms with Crippen LogP contribution in [0.5, 0.6) is 0 Å². The van der Waals surface area contributed by atoms with Gasteiger partial charge in [0.25, 0.3) is 0 Å². The molecule has 2 aromatic heterocycles. The van der Waals surface area contributed by atoms with E-state index in [9.17, 15) is 0 Å². The quantitative estimate of drug-likeness (QED) is 0.765. The minimum absolute atomic E-state index is 0.658. The molecular formula is C11H15N3S. The zero-order valence-corrected chi connectivity index (χ0v) is 9.77. The molecule has 0 unspecified atom stereocenters. The average Bonchev–Trinajstić information content (AvgIpc) is 2.68. The third-order valence-electron chi connectivity index (χ3n) is 1.75. The van der Waals surface area contributed by atoms with E-state index in [0.29, 0.717) is 4.77 Å². The first kappa shape index (κ1) is 11.7. The van der Waals surface area contributed by atoms with Crippen molar-refractivity contribution < 1.29 is 0 Å². The van der Waals surface area contributed by atoms with Gasteiger partial charge >= 0.3 is 0 Å². The molecule has 0 bridgehead atoms. The second kappa shape index (κ2) is 6.14. The number of aromatic nitrogens is 3. The van der Waals surface area contributed by atoms with Gasteiger partial charge < -0.3 is 9.97 Å². The summed E-state index contributed by atoms with van der Waals surface area (Å²) >= 11 is 4.92. The molecule has 0 aliphatic rings. The van der Waals surface area contributed by atoms with Gasteiger partial charge in [-0.1, -0.05) is 19.9 Å². The lowest BCUT2D eigenvalue weighted by molar-refractivity contribution is 1.03. The molecule has 2 rings (SSSR count). The molecule has 0 atom stereocenters. The Labute approximate surface area is 94.6 Å². The number of nitrogens with one attached hydrogen (secondary N) is 2. The summed E-state index contributed by atoms with van der Waals surface area (Å²) in [4.78, 5) is 10.2. The highest BCUT2D eigenvalue weighted by Crippen LogP contribution is 2.02. The number of pyridine rings is 1. The van der Waals surface area contributed by atoms with E-state index < -0.39 is 0 Å². The fourth-order valence-electron chi connectivity index (χ4n) is 1.16. The molecule has 2 aromatic rings. The zero-order valence-electron chi connectivity index (χ0n) is 8.95. The van der Waals surface area contributed by atoms with Crippen LogP contribution < -0.4 is 0 Å². The van der Waals surface area contributed by atoms with Crippen LogP contribution in [0.1, 0.15) is 25.2 Å². The largest absolute Gasteiger partial charge is 0.337 e. The SMILES string of the molecule is CC.S=c1[nH]cc(Cc2ccccn2)[nH]1. The molecule has 0 radical (unpaired) electrons. The van der Waals surface area contributed by atoms with E-state index in [1.54, 1.807) is 6.20 Å². The van der Waals surface area contributed by atoms with Crippen LogP contribution in [0.3, 0.4) is 0 Å². The van der Waals surface area contributed by atoms with Crippen molar-refractivity contribution in [2.75, 3.05) is 0 Å². The van der Waals surface area contributed by atoms with Gasteiger partial charge in [0.05, 0.1) is 0 Å². The molecule has 3 nitrogen and oxygen atoms in total. The standard InChI is InChI=1S/C9H9N3S.C2H6/c13-9-11-6-8(12-9)5-7-3-1-2-4-10-7;1-2/h1-4,6H,5H2,(H2,11,12,13);1-2H3. The number of nitrogens with zero attached hydrogens (tertiary/aromatic N) is 1. The molecule has 80 valence electrons. The Hall–Kier alpha value is -1.42. The molecular weight excluding hydrogens is 206 g/mol. The number of rotatable bonds is 2. The smallest absolute Gasteiger partial charge is 0.174 e. The Balaban J connectivity index is 0.000000531. The number of H-pyrrole nitrogens is 2. The summed E-state index contributed by atoms with van der Waals surface area (Å²) in [5.74, 6) is 0. The molecule has 0 spiro atoms. The first-order chi connectivity index (χ1) is 7.34. The Morgan fingerprint density at radius 1 is 1.33 bits per heavy atom. The molecule has 2 heterocycles. The van der Waals surface area contributed by atoms with Crippen LogP contribution in [0, 0.1) is 4.77 Å². The van der Waals surface area contributed by atoms with Crippen molar-refractivity contribution in [3.05, 3.63) is 46.8 Å². The summed E-state index contributed by atoms with van der Waals surface area (Å²) in [6, 6.07) is 5.87. The predicted molar refractivity (Wildman–Crippen MR) is 64.4 cm³/mol. The topological polar surface area (TPSA) is 44.5 Å². The van der Waals surface area contributed by atoms with Crippen molar-refractivity contribution >= 4 is 12.2 Å². The van der Waals surface area contributed by atoms with E-state index in [-0.39, 0.29) is 0 Å². The van der Waals surface area contributed by atoms with Crippen LogP contribution in [0.4, 0.5) is 0 Å². The van der Waals surface area contributed by atoms with Crippen LogP contribution in [0.2, 0.25) is 0 Å². The summed E-state index contributed by atoms with van der Waals surface area (Å²) < 4.78 is 0.658. The summed E-state index contributed by atoms with van der Waals surface area (Å²) in [6.07, 6.45) is 4.45. The maximum Gasteiger partial charge on any atom is 0.174 e. The molecule has 0 aromatic carbocycles. The molecule has 0 saturated carbocycles. The lowest BCUT2D eigenvalue weighted by Gasteiger charge is -1.95. The maximum atomic E-state index is 4.92. The lowest BCUT2D eigenvalue weighted by atomic mass is 10.2. The van der Waals surface area contributed by atoms with E-state index in [4.69, 9.17) is 12.2 Å². The Kier molecular flexibility index (Phi) is 4.77. The van der Waals surface area contributed by atoms with Gasteiger partial charge in [-0.15, -0.1) is 0 Å². The summed E-state index contributed by atoms with van der Waals surface area (Å²) in [6.45, 7) is 4.00. The van der Waals surface area contributed by atoms with Crippen molar-refractivity contribution in [3.8, 4) is 0 Å². The van der Waals surface area contributed by atoms with Gasteiger partial charge in [-0.05, 0) is 24.4 Å². The number of aromatic amines is 2. The van der Waals surface area contributed by atoms with Crippen LogP contribution in [0.15, 0.2) is 30.6 Å². The Bertz CT molecular complexity index is 430. The van der Waals surface area contributed by atoms with Gasteiger partial charge in [0.1, 0.15) is 0 Å². The highest BCUT2D eigenvalue weighted by atomic mass is 32.1. The third-order valence-corrected chi connectivity index (χ3v) is 1.97. The number of hydrogen-bond acceptors (Lipinski definition) is 2. The number of hydrogen-bond donors (Lipinski definition) is 2. The Morgan fingerprint density at radius 3 is 2.67 bits per heavy atom. The van der Waals surface area contributed by atoms with E-state index in [1.165, 1.54) is 0 Å². The van der Waals surface area contributed by atoms with Crippen molar-refractivity contribution in [1.82, 2.24) is 15.0 Å². The first-order valence-electron chi connectivity index (χ1n) is 5.01. The lowest BCUT2D eigenvalue weighted by Crippen LogP contribution is -1.90. The van der Waals surface area contributed by atoms with E-state index in [0.717, 1.165) is 17.8 Å². The third kappa shape index (κ3) is 3.67. The van der Waals surface area contributed by atoms with Gasteiger partial charge in [-0.25, -0.2) is 0 Å². The van der Waals surface area contributed by atoms with Crippen LogP contribution in [-0.2, 0) is 6.42 Å². The van der Waals surface area contributed by atoms with Crippen molar-refractivity contribution in [2.24, 2.45) is 0 Å². The molecule has 15 heavy (non-hydrogen) atoms. The van der Waals surface area contributed by atoms with Gasteiger partial charge in [0.2, 0.25) is 0 Å². The predicted octanol–water partition coefficient (Wildman–Crippen LogP) is 3.08. The normalized spacial score (nSPS) is 9.20. The molecule has 0 saturated heterocycles. The van der Waals surface area contributed by atoms with Crippen LogP contribution in [-0.4, -0.2) is 15.0 Å². The minimum Gasteiger partial charge on any atom is -0.337 e. The van der Waals surface area contributed by atoms with Crippen molar-refractivity contribution in [3.63, 3.8) is 0 Å². The average molecular weight is 221 g/mol. The van der Waals surface area contributed by atoms with Crippen molar-refractivity contribution in [2.45, 2.75) is 20.3 Å². The number of imidazole rings is 1. The van der Waals surface area contributed by atoms with Crippen LogP contribution >= 0.6 is 12.2 Å². The van der Waals surface area contributed by atoms with Gasteiger partial charge in [-0.3, -0.25) is 4.98 Å².